The molecule has 0 aliphatic heterocycles. The van der Waals surface area contributed by atoms with E-state index in [-0.39, 0.29) is 0 Å². The fourth-order valence-corrected chi connectivity index (χ4v) is 0.905. The average molecular weight is 195 g/mol. The van der Waals surface area contributed by atoms with Crippen LogP contribution in [0.3, 0.4) is 0 Å². The summed E-state index contributed by atoms with van der Waals surface area (Å²) in [6.45, 7) is 1.02. The highest BCUT2D eigenvalue weighted by atomic mass is 16.6. The van der Waals surface area contributed by atoms with Crippen molar-refractivity contribution in [2.24, 2.45) is 0 Å². The maximum Gasteiger partial charge on any atom is 0.297 e. The summed E-state index contributed by atoms with van der Waals surface area (Å²) >= 11 is 0. The van der Waals surface area contributed by atoms with Crippen molar-refractivity contribution in [2.45, 2.75) is 6.92 Å². The summed E-state index contributed by atoms with van der Waals surface area (Å²) in [7, 11) is 0. The summed E-state index contributed by atoms with van der Waals surface area (Å²) in [4.78, 5) is 24.2. The predicted octanol–water partition coefficient (Wildman–Crippen LogP) is 0.605. The molecule has 0 aromatic carbocycles. The first-order valence-corrected chi connectivity index (χ1v) is 3.93. The third-order valence-electron chi connectivity index (χ3n) is 1.54. The van der Waals surface area contributed by atoms with Crippen molar-refractivity contribution in [1.29, 1.82) is 0 Å². The zero-order chi connectivity index (χ0) is 10.6. The van der Waals surface area contributed by atoms with Crippen LogP contribution in [-0.2, 0) is 4.79 Å². The van der Waals surface area contributed by atoms with Gasteiger partial charge in [-0.1, -0.05) is 6.07 Å². The SMILES string of the molecule is Cc1cccnc1NC(=O)C[N+](=O)[O-]. The second kappa shape index (κ2) is 4.31. The van der Waals surface area contributed by atoms with Crippen LogP contribution in [0.25, 0.3) is 0 Å². The number of nitrogens with one attached hydrogen (secondary N) is 1. The fourth-order valence-electron chi connectivity index (χ4n) is 0.905. The molecule has 0 aliphatic carbocycles. The van der Waals surface area contributed by atoms with Crippen LogP contribution in [0.15, 0.2) is 18.3 Å². The van der Waals surface area contributed by atoms with Crippen LogP contribution in [0, 0.1) is 17.0 Å². The van der Waals surface area contributed by atoms with E-state index in [2.05, 4.69) is 10.3 Å². The molecule has 74 valence electrons. The van der Waals surface area contributed by atoms with E-state index < -0.39 is 17.4 Å². The van der Waals surface area contributed by atoms with Gasteiger partial charge in [0, 0.05) is 11.1 Å². The Hall–Kier alpha value is -1.98. The maximum atomic E-state index is 11.0. The number of nitro groups is 1. The molecule has 0 saturated heterocycles. The molecule has 1 N–H and O–H groups in total. The zero-order valence-electron chi connectivity index (χ0n) is 7.56. The second-order valence-electron chi connectivity index (χ2n) is 2.71. The Morgan fingerprint density at radius 3 is 3.00 bits per heavy atom. The molecule has 14 heavy (non-hydrogen) atoms. The molecule has 0 unspecified atom stereocenters. The Morgan fingerprint density at radius 1 is 1.71 bits per heavy atom. The Kier molecular flexibility index (Phi) is 3.11. The molecule has 6 heteroatoms. The average Bonchev–Trinajstić information content (AvgIpc) is 2.07. The van der Waals surface area contributed by atoms with Crippen molar-refractivity contribution in [2.75, 3.05) is 11.9 Å². The molecule has 1 aromatic rings. The summed E-state index contributed by atoms with van der Waals surface area (Å²) in [5.41, 5.74) is 0.768. The molecule has 0 spiro atoms. The van der Waals surface area contributed by atoms with Gasteiger partial charge in [-0.05, 0) is 18.6 Å². The van der Waals surface area contributed by atoms with E-state index in [9.17, 15) is 14.9 Å². The van der Waals surface area contributed by atoms with Gasteiger partial charge in [-0.25, -0.2) is 4.98 Å². The van der Waals surface area contributed by atoms with Crippen LogP contribution < -0.4 is 5.32 Å². The van der Waals surface area contributed by atoms with Crippen LogP contribution >= 0.6 is 0 Å². The predicted molar refractivity (Wildman–Crippen MR) is 49.5 cm³/mol. The van der Waals surface area contributed by atoms with Gasteiger partial charge in [-0.2, -0.15) is 0 Å². The highest BCUT2D eigenvalue weighted by Crippen LogP contribution is 2.08. The molecule has 0 radical (unpaired) electrons. The normalized spacial score (nSPS) is 9.50. The number of amides is 1. The lowest BCUT2D eigenvalue weighted by Gasteiger charge is -2.03. The minimum atomic E-state index is -0.740. The zero-order valence-corrected chi connectivity index (χ0v) is 7.56. The third-order valence-corrected chi connectivity index (χ3v) is 1.54. The van der Waals surface area contributed by atoms with Gasteiger partial charge >= 0.3 is 0 Å². The molecule has 0 atom stereocenters. The molecule has 0 saturated carbocycles. The highest BCUT2D eigenvalue weighted by molar-refractivity contribution is 5.91. The molecule has 6 nitrogen and oxygen atoms in total. The summed E-state index contributed by atoms with van der Waals surface area (Å²) < 4.78 is 0. The van der Waals surface area contributed by atoms with Gasteiger partial charge < -0.3 is 5.32 Å². The summed E-state index contributed by atoms with van der Waals surface area (Å²) in [5.74, 6) is -0.309. The number of carbonyl (C=O) groups excluding carboxylic acids is 1. The molecular weight excluding hydrogens is 186 g/mol. The smallest absolute Gasteiger partial charge is 0.297 e. The molecule has 0 bridgehead atoms. The van der Waals surface area contributed by atoms with Crippen molar-refractivity contribution in [1.82, 2.24) is 4.98 Å². The van der Waals surface area contributed by atoms with Crippen molar-refractivity contribution in [3.05, 3.63) is 34.0 Å². The lowest BCUT2D eigenvalue weighted by molar-refractivity contribution is -0.467. The lowest BCUT2D eigenvalue weighted by atomic mass is 10.3. The van der Waals surface area contributed by atoms with Gasteiger partial charge in [0.1, 0.15) is 5.82 Å². The molecule has 1 aromatic heterocycles. The summed E-state index contributed by atoms with van der Waals surface area (Å²) in [6.07, 6.45) is 1.51. The van der Waals surface area contributed by atoms with Gasteiger partial charge in [0.15, 0.2) is 0 Å². The minimum Gasteiger partial charge on any atom is -0.305 e. The van der Waals surface area contributed by atoms with Crippen LogP contribution in [0.4, 0.5) is 5.82 Å². The Morgan fingerprint density at radius 2 is 2.43 bits per heavy atom. The van der Waals surface area contributed by atoms with Crippen molar-refractivity contribution >= 4 is 11.7 Å². The third kappa shape index (κ3) is 2.81. The van der Waals surface area contributed by atoms with E-state index in [4.69, 9.17) is 0 Å². The van der Waals surface area contributed by atoms with E-state index in [0.717, 1.165) is 5.56 Å². The lowest BCUT2D eigenvalue weighted by Crippen LogP contribution is -2.22. The van der Waals surface area contributed by atoms with Crippen LogP contribution in [0.5, 0.6) is 0 Å². The van der Waals surface area contributed by atoms with Crippen LogP contribution in [0.1, 0.15) is 5.56 Å². The molecular formula is C8H9N3O3. The van der Waals surface area contributed by atoms with E-state index in [0.29, 0.717) is 5.82 Å². The number of hydrogen-bond donors (Lipinski definition) is 1. The van der Waals surface area contributed by atoms with E-state index in [1.165, 1.54) is 6.20 Å². The Bertz CT molecular complexity index is 365. The van der Waals surface area contributed by atoms with Gasteiger partial charge in [-0.15, -0.1) is 0 Å². The molecule has 0 aliphatic rings. The Balaban J connectivity index is 2.65. The van der Waals surface area contributed by atoms with Crippen molar-refractivity contribution in [3.63, 3.8) is 0 Å². The van der Waals surface area contributed by atoms with E-state index >= 15 is 0 Å². The van der Waals surface area contributed by atoms with Crippen LogP contribution in [-0.4, -0.2) is 22.4 Å². The Labute approximate surface area is 80.1 Å². The highest BCUT2D eigenvalue weighted by Gasteiger charge is 2.10. The van der Waals surface area contributed by atoms with E-state index in [1.54, 1.807) is 19.1 Å². The number of aryl methyl sites for hydroxylation is 1. The molecule has 1 amide bonds. The van der Waals surface area contributed by atoms with Crippen LogP contribution in [0.2, 0.25) is 0 Å². The number of pyridine rings is 1. The quantitative estimate of drug-likeness (QED) is 0.565. The first-order valence-electron chi connectivity index (χ1n) is 3.93. The standard InChI is InChI=1S/C8H9N3O3/c1-6-3-2-4-9-8(6)10-7(12)5-11(13)14/h2-4H,5H2,1H3,(H,9,10,12). The van der Waals surface area contributed by atoms with Gasteiger partial charge in [0.05, 0.1) is 0 Å². The second-order valence-corrected chi connectivity index (χ2v) is 2.71. The summed E-state index contributed by atoms with van der Waals surface area (Å²) in [5, 5.41) is 12.4. The fraction of sp³-hybridized carbons (Fsp3) is 0.250. The molecule has 1 rings (SSSR count). The summed E-state index contributed by atoms with van der Waals surface area (Å²) in [6, 6.07) is 3.48. The van der Waals surface area contributed by atoms with E-state index in [1.807, 2.05) is 0 Å². The number of rotatable bonds is 3. The largest absolute Gasteiger partial charge is 0.305 e. The number of carbonyl (C=O) groups is 1. The number of nitrogens with zero attached hydrogens (tertiary/aromatic N) is 2. The van der Waals surface area contributed by atoms with Gasteiger partial charge in [0.2, 0.25) is 0 Å². The minimum absolute atomic E-state index is 0.361. The number of aromatic nitrogens is 1. The first-order chi connectivity index (χ1) is 6.59. The monoisotopic (exact) mass is 195 g/mol. The van der Waals surface area contributed by atoms with Gasteiger partial charge in [-0.3, -0.25) is 14.9 Å². The van der Waals surface area contributed by atoms with Crippen molar-refractivity contribution in [3.8, 4) is 0 Å². The molecule has 1 heterocycles. The maximum absolute atomic E-state index is 11.0. The first kappa shape index (κ1) is 10.1. The molecule has 0 fully saturated rings. The number of hydrogen-bond acceptors (Lipinski definition) is 4. The number of anilines is 1. The van der Waals surface area contributed by atoms with Gasteiger partial charge in [0.25, 0.3) is 12.5 Å². The van der Waals surface area contributed by atoms with Crippen molar-refractivity contribution < 1.29 is 9.72 Å². The topological polar surface area (TPSA) is 85.1 Å².